The van der Waals surface area contributed by atoms with Gasteiger partial charge < -0.3 is 10.4 Å². The van der Waals surface area contributed by atoms with Crippen molar-refractivity contribution in [2.75, 3.05) is 5.32 Å². The number of nitrogens with zero attached hydrogens (tertiary/aromatic N) is 1. The molecule has 0 saturated carbocycles. The van der Waals surface area contributed by atoms with Crippen molar-refractivity contribution in [3.63, 3.8) is 0 Å². The summed E-state index contributed by atoms with van der Waals surface area (Å²) in [6.45, 7) is 5.66. The van der Waals surface area contributed by atoms with E-state index in [1.807, 2.05) is 19.1 Å². The van der Waals surface area contributed by atoms with Gasteiger partial charge >= 0.3 is 11.8 Å². The van der Waals surface area contributed by atoms with E-state index in [4.69, 9.17) is 0 Å². The summed E-state index contributed by atoms with van der Waals surface area (Å²) in [6, 6.07) is 12.4. The van der Waals surface area contributed by atoms with Crippen molar-refractivity contribution in [3.05, 3.63) is 71.8 Å². The number of para-hydroxylation sites is 1. The van der Waals surface area contributed by atoms with Crippen molar-refractivity contribution in [1.82, 2.24) is 5.43 Å². The number of anilines is 1. The number of phenols is 1. The van der Waals surface area contributed by atoms with Gasteiger partial charge in [0.1, 0.15) is 5.75 Å². The average molecular weight is 351 g/mol. The van der Waals surface area contributed by atoms with E-state index in [9.17, 15) is 14.7 Å². The molecule has 0 unspecified atom stereocenters. The number of amides is 2. The van der Waals surface area contributed by atoms with Crippen molar-refractivity contribution < 1.29 is 14.7 Å². The van der Waals surface area contributed by atoms with Crippen LogP contribution in [0.1, 0.15) is 23.6 Å². The molecule has 2 amide bonds. The summed E-state index contributed by atoms with van der Waals surface area (Å²) >= 11 is 0. The molecule has 0 aliphatic carbocycles. The molecule has 0 atom stereocenters. The molecule has 0 saturated heterocycles. The number of hydrazone groups is 1. The van der Waals surface area contributed by atoms with Crippen LogP contribution in [0.4, 0.5) is 5.69 Å². The van der Waals surface area contributed by atoms with Crippen molar-refractivity contribution in [2.24, 2.45) is 5.10 Å². The lowest BCUT2D eigenvalue weighted by molar-refractivity contribution is -0.136. The van der Waals surface area contributed by atoms with Gasteiger partial charge in [0.2, 0.25) is 0 Å². The predicted octanol–water partition coefficient (Wildman–Crippen LogP) is 2.77. The molecule has 0 bridgehead atoms. The van der Waals surface area contributed by atoms with Crippen LogP contribution < -0.4 is 10.7 Å². The molecule has 0 aromatic heterocycles. The van der Waals surface area contributed by atoms with Crippen LogP contribution in [0.5, 0.6) is 5.75 Å². The lowest BCUT2D eigenvalue weighted by Gasteiger charge is -2.06. The second kappa shape index (κ2) is 9.17. The van der Waals surface area contributed by atoms with E-state index in [2.05, 4.69) is 22.4 Å². The third-order valence-corrected chi connectivity index (χ3v) is 3.71. The van der Waals surface area contributed by atoms with Crippen LogP contribution in [0.2, 0.25) is 0 Å². The highest BCUT2D eigenvalue weighted by Crippen LogP contribution is 2.21. The van der Waals surface area contributed by atoms with Crippen molar-refractivity contribution in [1.29, 1.82) is 0 Å². The lowest BCUT2D eigenvalue weighted by Crippen LogP contribution is -2.32. The monoisotopic (exact) mass is 351 g/mol. The van der Waals surface area contributed by atoms with Gasteiger partial charge in [0.25, 0.3) is 0 Å². The molecule has 0 aliphatic heterocycles. The van der Waals surface area contributed by atoms with Gasteiger partial charge in [-0.1, -0.05) is 37.3 Å². The Labute approximate surface area is 152 Å². The standard InChI is InChI=1S/C20H21N3O3/c1-3-6-15-7-5-8-16(18(15)24)13-21-23-20(26)19(25)22-17-11-9-14(4-2)10-12-17/h3,5,7-13,24H,1,4,6H2,2H3,(H,22,25)(H,23,26)/b21-13+. The molecule has 0 aliphatic rings. The van der Waals surface area contributed by atoms with Crippen LogP contribution >= 0.6 is 0 Å². The molecule has 0 fully saturated rings. The van der Waals surface area contributed by atoms with Crippen LogP contribution in [-0.4, -0.2) is 23.1 Å². The van der Waals surface area contributed by atoms with Crippen LogP contribution in [0.3, 0.4) is 0 Å². The SMILES string of the molecule is C=CCc1cccc(/C=N/NC(=O)C(=O)Nc2ccc(CC)cc2)c1O. The van der Waals surface area contributed by atoms with E-state index in [0.717, 1.165) is 12.0 Å². The van der Waals surface area contributed by atoms with Crippen LogP contribution in [0.15, 0.2) is 60.2 Å². The van der Waals surface area contributed by atoms with E-state index >= 15 is 0 Å². The molecule has 0 radical (unpaired) electrons. The zero-order valence-corrected chi connectivity index (χ0v) is 14.5. The highest BCUT2D eigenvalue weighted by molar-refractivity contribution is 6.39. The molecule has 2 rings (SSSR count). The second-order valence-electron chi connectivity index (χ2n) is 5.55. The third-order valence-electron chi connectivity index (χ3n) is 3.71. The molecule has 0 spiro atoms. The van der Waals surface area contributed by atoms with Crippen molar-refractivity contribution in [2.45, 2.75) is 19.8 Å². The van der Waals surface area contributed by atoms with Gasteiger partial charge in [-0.3, -0.25) is 9.59 Å². The van der Waals surface area contributed by atoms with Crippen LogP contribution in [0, 0.1) is 0 Å². The number of rotatable bonds is 6. The van der Waals surface area contributed by atoms with Gasteiger partial charge in [-0.25, -0.2) is 5.43 Å². The Bertz CT molecular complexity index is 827. The summed E-state index contributed by atoms with van der Waals surface area (Å²) in [7, 11) is 0. The molecular weight excluding hydrogens is 330 g/mol. The zero-order valence-electron chi connectivity index (χ0n) is 14.5. The number of aryl methyl sites for hydroxylation is 1. The fraction of sp³-hybridized carbons (Fsp3) is 0.150. The van der Waals surface area contributed by atoms with Gasteiger partial charge in [-0.15, -0.1) is 6.58 Å². The van der Waals surface area contributed by atoms with Gasteiger partial charge in [-0.05, 0) is 42.2 Å². The number of allylic oxidation sites excluding steroid dienone is 1. The number of aromatic hydroxyl groups is 1. The Kier molecular flexibility index (Phi) is 6.68. The summed E-state index contributed by atoms with van der Waals surface area (Å²) in [4.78, 5) is 23.7. The van der Waals surface area contributed by atoms with Gasteiger partial charge in [0.05, 0.1) is 6.21 Å². The quantitative estimate of drug-likeness (QED) is 0.323. The number of benzene rings is 2. The van der Waals surface area contributed by atoms with Crippen LogP contribution in [-0.2, 0) is 22.4 Å². The smallest absolute Gasteiger partial charge is 0.329 e. The summed E-state index contributed by atoms with van der Waals surface area (Å²) in [5.74, 6) is -1.66. The molecule has 0 heterocycles. The van der Waals surface area contributed by atoms with E-state index in [1.54, 1.807) is 36.4 Å². The minimum atomic E-state index is -0.900. The minimum Gasteiger partial charge on any atom is -0.507 e. The molecule has 2 aromatic carbocycles. The first-order valence-corrected chi connectivity index (χ1v) is 8.20. The molecule has 2 aromatic rings. The van der Waals surface area contributed by atoms with Crippen LogP contribution in [0.25, 0.3) is 0 Å². The molecule has 134 valence electrons. The number of hydrogen-bond acceptors (Lipinski definition) is 4. The topological polar surface area (TPSA) is 90.8 Å². The number of phenolic OH excluding ortho intramolecular Hbond substituents is 1. The highest BCUT2D eigenvalue weighted by atomic mass is 16.3. The van der Waals surface area contributed by atoms with Crippen molar-refractivity contribution >= 4 is 23.7 Å². The third kappa shape index (κ3) is 5.04. The molecule has 3 N–H and O–H groups in total. The molecule has 26 heavy (non-hydrogen) atoms. The van der Waals surface area contributed by atoms with Gasteiger partial charge in [0, 0.05) is 11.3 Å². The fourth-order valence-corrected chi connectivity index (χ4v) is 2.26. The van der Waals surface area contributed by atoms with E-state index in [0.29, 0.717) is 23.2 Å². The number of carbonyl (C=O) groups is 2. The Balaban J connectivity index is 1.94. The first-order valence-electron chi connectivity index (χ1n) is 8.20. The maximum Gasteiger partial charge on any atom is 0.329 e. The lowest BCUT2D eigenvalue weighted by atomic mass is 10.1. The number of nitrogens with one attached hydrogen (secondary N) is 2. The molecular formula is C20H21N3O3. The van der Waals surface area contributed by atoms with Gasteiger partial charge in [0.15, 0.2) is 0 Å². The predicted molar refractivity (Wildman–Crippen MR) is 102 cm³/mol. The minimum absolute atomic E-state index is 0.0610. The zero-order chi connectivity index (χ0) is 18.9. The van der Waals surface area contributed by atoms with Crippen molar-refractivity contribution in [3.8, 4) is 5.75 Å². The molecule has 6 heteroatoms. The number of hydrogen-bond donors (Lipinski definition) is 3. The summed E-state index contributed by atoms with van der Waals surface area (Å²) in [5.41, 5.74) is 4.93. The van der Waals surface area contributed by atoms with E-state index < -0.39 is 11.8 Å². The summed E-state index contributed by atoms with van der Waals surface area (Å²) in [6.07, 6.45) is 4.36. The second-order valence-corrected chi connectivity index (χ2v) is 5.55. The Hall–Kier alpha value is -3.41. The maximum atomic E-state index is 11.9. The first kappa shape index (κ1) is 18.9. The number of carbonyl (C=O) groups excluding carboxylic acids is 2. The summed E-state index contributed by atoms with van der Waals surface area (Å²) < 4.78 is 0. The fourth-order valence-electron chi connectivity index (χ4n) is 2.26. The van der Waals surface area contributed by atoms with E-state index in [1.165, 1.54) is 6.21 Å². The Morgan fingerprint density at radius 1 is 1.15 bits per heavy atom. The highest BCUT2D eigenvalue weighted by Gasteiger charge is 2.13. The Morgan fingerprint density at radius 2 is 1.88 bits per heavy atom. The average Bonchev–Trinajstić information content (AvgIpc) is 2.65. The summed E-state index contributed by atoms with van der Waals surface area (Å²) in [5, 5.41) is 16.3. The normalized spacial score (nSPS) is 10.5. The van der Waals surface area contributed by atoms with E-state index in [-0.39, 0.29) is 5.75 Å². The Morgan fingerprint density at radius 3 is 2.54 bits per heavy atom. The maximum absolute atomic E-state index is 11.9. The molecule has 6 nitrogen and oxygen atoms in total. The van der Waals surface area contributed by atoms with Gasteiger partial charge in [-0.2, -0.15) is 5.10 Å². The first-order chi connectivity index (χ1) is 12.5. The largest absolute Gasteiger partial charge is 0.507 e.